The van der Waals surface area contributed by atoms with Gasteiger partial charge in [-0.2, -0.15) is 0 Å². The first-order valence-corrected chi connectivity index (χ1v) is 11.8. The predicted molar refractivity (Wildman–Crippen MR) is 127 cm³/mol. The summed E-state index contributed by atoms with van der Waals surface area (Å²) in [6.07, 6.45) is 4.13. The van der Waals surface area contributed by atoms with Crippen molar-refractivity contribution < 1.29 is 18.3 Å². The van der Waals surface area contributed by atoms with Gasteiger partial charge in [-0.25, -0.2) is 8.78 Å². The maximum atomic E-state index is 13.6. The molecule has 1 fully saturated rings. The Kier molecular flexibility index (Phi) is 7.44. The van der Waals surface area contributed by atoms with Gasteiger partial charge in [0, 0.05) is 12.1 Å². The van der Waals surface area contributed by atoms with E-state index in [1.165, 1.54) is 16.7 Å². The zero-order chi connectivity index (χ0) is 23.4. The molecule has 0 aliphatic heterocycles. The molecule has 5 heteroatoms. The van der Waals surface area contributed by atoms with E-state index in [1.807, 2.05) is 6.07 Å². The normalized spacial score (nSPS) is 19.2. The Bertz CT molecular complexity index is 1070. The Morgan fingerprint density at radius 3 is 2.18 bits per heavy atom. The molecule has 0 bridgehead atoms. The van der Waals surface area contributed by atoms with E-state index in [4.69, 9.17) is 16.3 Å². The van der Waals surface area contributed by atoms with Crippen molar-refractivity contribution in [3.63, 3.8) is 0 Å². The minimum atomic E-state index is -0.940. The van der Waals surface area contributed by atoms with Crippen molar-refractivity contribution in [1.29, 1.82) is 0 Å². The summed E-state index contributed by atoms with van der Waals surface area (Å²) in [5.41, 5.74) is 3.95. The standard InChI is InChI=1S/C28H27ClF2O2/c1-18(20-5-3-2-4-6-20)15-19-7-9-21(10-8-19)22-11-13-23(14-12-22)28(32)33-24-16-25(30)27(29)26(31)17-24/h2-10,16-18,22-23H,11-15H2,1H3/t18-,22?,23?/m1/s1. The maximum absolute atomic E-state index is 13.6. The minimum Gasteiger partial charge on any atom is -0.426 e. The summed E-state index contributed by atoms with van der Waals surface area (Å²) in [7, 11) is 0. The minimum absolute atomic E-state index is 0.151. The fourth-order valence-corrected chi connectivity index (χ4v) is 4.74. The molecule has 172 valence electrons. The molecule has 0 saturated heterocycles. The second-order valence-electron chi connectivity index (χ2n) is 8.93. The topological polar surface area (TPSA) is 26.3 Å². The van der Waals surface area contributed by atoms with E-state index in [0.29, 0.717) is 24.7 Å². The first-order valence-electron chi connectivity index (χ1n) is 11.4. The van der Waals surface area contributed by atoms with E-state index in [1.54, 1.807) is 0 Å². The Morgan fingerprint density at radius 1 is 0.970 bits per heavy atom. The molecule has 3 aromatic carbocycles. The van der Waals surface area contributed by atoms with Crippen LogP contribution in [0.4, 0.5) is 8.78 Å². The zero-order valence-electron chi connectivity index (χ0n) is 18.6. The Morgan fingerprint density at radius 2 is 1.58 bits per heavy atom. The molecule has 1 saturated carbocycles. The fourth-order valence-electron chi connectivity index (χ4n) is 4.63. The molecule has 0 N–H and O–H groups in total. The van der Waals surface area contributed by atoms with Gasteiger partial charge in [0.2, 0.25) is 0 Å². The van der Waals surface area contributed by atoms with Crippen LogP contribution in [0.25, 0.3) is 0 Å². The fraction of sp³-hybridized carbons (Fsp3) is 0.321. The molecule has 4 rings (SSSR count). The smallest absolute Gasteiger partial charge is 0.314 e. The molecular weight excluding hydrogens is 442 g/mol. The summed E-state index contributed by atoms with van der Waals surface area (Å²) in [4.78, 5) is 12.5. The van der Waals surface area contributed by atoms with Gasteiger partial charge in [0.05, 0.1) is 5.92 Å². The zero-order valence-corrected chi connectivity index (χ0v) is 19.3. The van der Waals surface area contributed by atoms with Crippen molar-refractivity contribution >= 4 is 17.6 Å². The lowest BCUT2D eigenvalue weighted by Gasteiger charge is -2.27. The van der Waals surface area contributed by atoms with Crippen molar-refractivity contribution in [3.8, 4) is 5.75 Å². The molecule has 0 radical (unpaired) electrons. The van der Waals surface area contributed by atoms with Crippen LogP contribution in [0.1, 0.15) is 61.1 Å². The van der Waals surface area contributed by atoms with Crippen molar-refractivity contribution in [2.24, 2.45) is 5.92 Å². The Balaban J connectivity index is 1.30. The Labute approximate surface area is 198 Å². The van der Waals surface area contributed by atoms with Gasteiger partial charge in [0.15, 0.2) is 0 Å². The molecule has 1 aliphatic rings. The monoisotopic (exact) mass is 468 g/mol. The van der Waals surface area contributed by atoms with Crippen molar-refractivity contribution in [2.75, 3.05) is 0 Å². The van der Waals surface area contributed by atoms with Gasteiger partial charge in [0.1, 0.15) is 22.4 Å². The summed E-state index contributed by atoms with van der Waals surface area (Å²) in [5, 5.41) is -0.601. The lowest BCUT2D eigenvalue weighted by atomic mass is 9.78. The first-order chi connectivity index (χ1) is 15.9. The molecule has 0 heterocycles. The number of halogens is 3. The maximum Gasteiger partial charge on any atom is 0.314 e. The highest BCUT2D eigenvalue weighted by atomic mass is 35.5. The number of carbonyl (C=O) groups excluding carboxylic acids is 1. The SMILES string of the molecule is C[C@H](Cc1ccc(C2CCC(C(=O)Oc3cc(F)c(Cl)c(F)c3)CC2)cc1)c1ccccc1. The number of benzene rings is 3. The second-order valence-corrected chi connectivity index (χ2v) is 9.31. The molecule has 2 nitrogen and oxygen atoms in total. The van der Waals surface area contributed by atoms with Crippen LogP contribution in [0, 0.1) is 17.6 Å². The highest BCUT2D eigenvalue weighted by Crippen LogP contribution is 2.37. The van der Waals surface area contributed by atoms with Gasteiger partial charge < -0.3 is 4.74 Å². The van der Waals surface area contributed by atoms with Crippen LogP contribution in [0.5, 0.6) is 5.75 Å². The van der Waals surface area contributed by atoms with Crippen molar-refractivity contribution in [1.82, 2.24) is 0 Å². The molecule has 1 aliphatic carbocycles. The second kappa shape index (κ2) is 10.5. The molecule has 3 aromatic rings. The average molecular weight is 469 g/mol. The number of esters is 1. The van der Waals surface area contributed by atoms with Crippen LogP contribution >= 0.6 is 11.6 Å². The number of carbonyl (C=O) groups is 1. The summed E-state index contributed by atoms with van der Waals surface area (Å²) >= 11 is 5.48. The first kappa shape index (κ1) is 23.4. The van der Waals surface area contributed by atoms with E-state index >= 15 is 0 Å². The highest BCUT2D eigenvalue weighted by molar-refractivity contribution is 6.30. The largest absolute Gasteiger partial charge is 0.426 e. The lowest BCUT2D eigenvalue weighted by Crippen LogP contribution is -2.25. The molecule has 0 aromatic heterocycles. The van der Waals surface area contributed by atoms with Gasteiger partial charge in [-0.1, -0.05) is 73.1 Å². The Hall–Kier alpha value is -2.72. The average Bonchev–Trinajstić information content (AvgIpc) is 2.83. The van der Waals surface area contributed by atoms with Gasteiger partial charge >= 0.3 is 5.97 Å². The van der Waals surface area contributed by atoms with Gasteiger partial charge in [0.25, 0.3) is 0 Å². The number of rotatable bonds is 6. The van der Waals surface area contributed by atoms with Crippen LogP contribution < -0.4 is 4.74 Å². The molecule has 1 atom stereocenters. The van der Waals surface area contributed by atoms with Gasteiger partial charge in [-0.05, 0) is 60.6 Å². The van der Waals surface area contributed by atoms with Crippen molar-refractivity contribution in [3.05, 3.63) is 100 Å². The van der Waals surface area contributed by atoms with E-state index in [0.717, 1.165) is 31.4 Å². The van der Waals surface area contributed by atoms with Crippen LogP contribution in [0.15, 0.2) is 66.7 Å². The summed E-state index contributed by atoms with van der Waals surface area (Å²) in [6.45, 7) is 2.25. The lowest BCUT2D eigenvalue weighted by molar-refractivity contribution is -0.140. The van der Waals surface area contributed by atoms with Crippen LogP contribution in [-0.4, -0.2) is 5.97 Å². The third kappa shape index (κ3) is 5.80. The number of ether oxygens (including phenoxy) is 1. The van der Waals surface area contributed by atoms with E-state index in [2.05, 4.69) is 55.5 Å². The molecule has 33 heavy (non-hydrogen) atoms. The summed E-state index contributed by atoms with van der Waals surface area (Å²) < 4.78 is 32.4. The number of hydrogen-bond donors (Lipinski definition) is 0. The van der Waals surface area contributed by atoms with E-state index in [9.17, 15) is 13.6 Å². The third-order valence-corrected chi connectivity index (χ3v) is 6.96. The number of hydrogen-bond acceptors (Lipinski definition) is 2. The van der Waals surface area contributed by atoms with Gasteiger partial charge in [-0.15, -0.1) is 0 Å². The molecular formula is C28H27ClF2O2. The van der Waals surface area contributed by atoms with E-state index < -0.39 is 22.6 Å². The molecule has 0 unspecified atom stereocenters. The summed E-state index contributed by atoms with van der Waals surface area (Å²) in [6, 6.07) is 21.2. The quantitative estimate of drug-likeness (QED) is 0.209. The van der Waals surface area contributed by atoms with Crippen LogP contribution in [-0.2, 0) is 11.2 Å². The molecule has 0 amide bonds. The third-order valence-electron chi connectivity index (χ3n) is 6.60. The van der Waals surface area contributed by atoms with Crippen LogP contribution in [0.2, 0.25) is 5.02 Å². The predicted octanol–water partition coefficient (Wildman–Crippen LogP) is 7.84. The summed E-state index contributed by atoms with van der Waals surface area (Å²) in [5.74, 6) is -1.88. The molecule has 0 spiro atoms. The van der Waals surface area contributed by atoms with Crippen LogP contribution in [0.3, 0.4) is 0 Å². The highest BCUT2D eigenvalue weighted by Gasteiger charge is 2.29. The van der Waals surface area contributed by atoms with Gasteiger partial charge in [-0.3, -0.25) is 4.79 Å². The van der Waals surface area contributed by atoms with Crippen molar-refractivity contribution in [2.45, 2.75) is 50.9 Å². The van der Waals surface area contributed by atoms with E-state index in [-0.39, 0.29) is 11.7 Å².